The summed E-state index contributed by atoms with van der Waals surface area (Å²) in [5.74, 6) is 0.317. The minimum Gasteiger partial charge on any atom is -0.390 e. The van der Waals surface area contributed by atoms with Crippen LogP contribution >= 0.6 is 11.3 Å². The summed E-state index contributed by atoms with van der Waals surface area (Å²) in [7, 11) is 0. The second-order valence-corrected chi connectivity index (χ2v) is 5.53. The lowest BCUT2D eigenvalue weighted by molar-refractivity contribution is -0.0118. The van der Waals surface area contributed by atoms with E-state index in [1.807, 2.05) is 6.92 Å². The van der Waals surface area contributed by atoms with Crippen LogP contribution in [0.15, 0.2) is 17.5 Å². The maximum Gasteiger partial charge on any atom is 0.0674 e. The van der Waals surface area contributed by atoms with E-state index in [0.717, 1.165) is 32.5 Å². The van der Waals surface area contributed by atoms with Crippen molar-refractivity contribution in [2.24, 2.45) is 5.92 Å². The first-order valence-corrected chi connectivity index (χ1v) is 6.39. The molecule has 2 rings (SSSR count). The Morgan fingerprint density at radius 1 is 1.67 bits per heavy atom. The van der Waals surface area contributed by atoms with Crippen molar-refractivity contribution in [2.45, 2.75) is 31.8 Å². The highest BCUT2D eigenvalue weighted by Crippen LogP contribution is 2.30. The van der Waals surface area contributed by atoms with Gasteiger partial charge in [-0.25, -0.2) is 0 Å². The van der Waals surface area contributed by atoms with Gasteiger partial charge in [-0.1, -0.05) is 6.07 Å². The lowest BCUT2D eigenvalue weighted by Gasteiger charge is -2.28. The molecule has 2 atom stereocenters. The Balaban J connectivity index is 1.86. The van der Waals surface area contributed by atoms with Crippen LogP contribution in [0.5, 0.6) is 0 Å². The van der Waals surface area contributed by atoms with Crippen LogP contribution in [0, 0.1) is 5.92 Å². The average molecular weight is 226 g/mol. The lowest BCUT2D eigenvalue weighted by Crippen LogP contribution is -2.35. The quantitative estimate of drug-likeness (QED) is 0.854. The molecule has 0 aliphatic carbocycles. The van der Waals surface area contributed by atoms with E-state index in [2.05, 4.69) is 17.5 Å². The molecular formula is C12H18O2S. The van der Waals surface area contributed by atoms with E-state index >= 15 is 0 Å². The molecule has 2 unspecified atom stereocenters. The maximum atomic E-state index is 10.3. The fraction of sp³-hybridized carbons (Fsp3) is 0.667. The fourth-order valence-electron chi connectivity index (χ4n) is 2.06. The Bertz CT molecular complexity index is 287. The van der Waals surface area contributed by atoms with Crippen molar-refractivity contribution >= 4 is 11.3 Å². The second-order valence-electron chi connectivity index (χ2n) is 4.50. The van der Waals surface area contributed by atoms with Gasteiger partial charge in [0.15, 0.2) is 0 Å². The van der Waals surface area contributed by atoms with Crippen molar-refractivity contribution in [3.63, 3.8) is 0 Å². The number of aliphatic hydroxyl groups is 1. The summed E-state index contributed by atoms with van der Waals surface area (Å²) in [6.07, 6.45) is 2.81. The third-order valence-electron chi connectivity index (χ3n) is 3.27. The summed E-state index contributed by atoms with van der Waals surface area (Å²) in [6, 6.07) is 4.19. The van der Waals surface area contributed by atoms with Crippen LogP contribution in [0.3, 0.4) is 0 Å². The van der Waals surface area contributed by atoms with Crippen LogP contribution < -0.4 is 0 Å². The molecule has 2 heterocycles. The minimum atomic E-state index is -0.569. The van der Waals surface area contributed by atoms with E-state index in [-0.39, 0.29) is 0 Å². The molecule has 0 radical (unpaired) electrons. The molecule has 2 nitrogen and oxygen atoms in total. The van der Waals surface area contributed by atoms with Crippen LogP contribution in [0.25, 0.3) is 0 Å². The van der Waals surface area contributed by atoms with E-state index in [4.69, 9.17) is 4.74 Å². The monoisotopic (exact) mass is 226 g/mol. The SMILES string of the molecule is CC(O)(CCc1cccs1)C1CCOC1. The molecule has 0 aromatic carbocycles. The van der Waals surface area contributed by atoms with Crippen LogP contribution in [-0.2, 0) is 11.2 Å². The fourth-order valence-corrected chi connectivity index (χ4v) is 2.77. The van der Waals surface area contributed by atoms with Crippen molar-refractivity contribution in [3.05, 3.63) is 22.4 Å². The van der Waals surface area contributed by atoms with E-state index in [0.29, 0.717) is 5.92 Å². The first-order chi connectivity index (χ1) is 7.18. The van der Waals surface area contributed by atoms with Crippen molar-refractivity contribution in [1.29, 1.82) is 0 Å². The zero-order valence-corrected chi connectivity index (χ0v) is 9.93. The molecule has 1 aliphatic rings. The van der Waals surface area contributed by atoms with E-state index in [1.54, 1.807) is 11.3 Å². The predicted octanol–water partition coefficient (Wildman–Crippen LogP) is 2.47. The van der Waals surface area contributed by atoms with Crippen LogP contribution in [0.1, 0.15) is 24.6 Å². The van der Waals surface area contributed by atoms with E-state index < -0.39 is 5.60 Å². The van der Waals surface area contributed by atoms with Gasteiger partial charge in [-0.2, -0.15) is 0 Å². The Labute approximate surface area is 94.9 Å². The minimum absolute atomic E-state index is 0.317. The number of hydrogen-bond acceptors (Lipinski definition) is 3. The van der Waals surface area contributed by atoms with Crippen molar-refractivity contribution < 1.29 is 9.84 Å². The van der Waals surface area contributed by atoms with Crippen LogP contribution in [0.4, 0.5) is 0 Å². The molecule has 0 spiro atoms. The first kappa shape index (κ1) is 11.1. The zero-order chi connectivity index (χ0) is 10.7. The Hall–Kier alpha value is -0.380. The highest BCUT2D eigenvalue weighted by molar-refractivity contribution is 7.09. The maximum absolute atomic E-state index is 10.3. The van der Waals surface area contributed by atoms with Crippen molar-refractivity contribution in [2.75, 3.05) is 13.2 Å². The van der Waals surface area contributed by atoms with Gasteiger partial charge in [0.2, 0.25) is 0 Å². The lowest BCUT2D eigenvalue weighted by atomic mass is 9.84. The van der Waals surface area contributed by atoms with E-state index in [9.17, 15) is 5.11 Å². The Morgan fingerprint density at radius 2 is 2.53 bits per heavy atom. The Kier molecular flexibility index (Phi) is 3.44. The molecule has 1 aliphatic heterocycles. The molecule has 84 valence electrons. The van der Waals surface area contributed by atoms with Gasteiger partial charge in [-0.15, -0.1) is 11.3 Å². The van der Waals surface area contributed by atoms with Crippen molar-refractivity contribution in [3.8, 4) is 0 Å². The molecular weight excluding hydrogens is 208 g/mol. The van der Waals surface area contributed by atoms with Gasteiger partial charge in [0, 0.05) is 17.4 Å². The van der Waals surface area contributed by atoms with Gasteiger partial charge < -0.3 is 9.84 Å². The van der Waals surface area contributed by atoms with E-state index in [1.165, 1.54) is 4.88 Å². The summed E-state index contributed by atoms with van der Waals surface area (Å²) in [6.45, 7) is 3.47. The first-order valence-electron chi connectivity index (χ1n) is 5.51. The predicted molar refractivity (Wildman–Crippen MR) is 62.2 cm³/mol. The topological polar surface area (TPSA) is 29.5 Å². The third kappa shape index (κ3) is 2.80. The molecule has 1 aromatic heterocycles. The van der Waals surface area contributed by atoms with Gasteiger partial charge >= 0.3 is 0 Å². The molecule has 1 N–H and O–H groups in total. The molecule has 15 heavy (non-hydrogen) atoms. The molecule has 0 saturated carbocycles. The molecule has 0 amide bonds. The highest BCUT2D eigenvalue weighted by atomic mass is 32.1. The molecule has 1 fully saturated rings. The Morgan fingerprint density at radius 3 is 3.13 bits per heavy atom. The smallest absolute Gasteiger partial charge is 0.0674 e. The van der Waals surface area contributed by atoms with Gasteiger partial charge in [0.05, 0.1) is 12.2 Å². The van der Waals surface area contributed by atoms with Gasteiger partial charge in [-0.05, 0) is 37.6 Å². The second kappa shape index (κ2) is 4.64. The van der Waals surface area contributed by atoms with Crippen LogP contribution in [-0.4, -0.2) is 23.9 Å². The third-order valence-corrected chi connectivity index (χ3v) is 4.20. The molecule has 1 aromatic rings. The normalized spacial score (nSPS) is 25.3. The van der Waals surface area contributed by atoms with Gasteiger partial charge in [0.25, 0.3) is 0 Å². The molecule has 3 heteroatoms. The van der Waals surface area contributed by atoms with Gasteiger partial charge in [-0.3, -0.25) is 0 Å². The number of ether oxygens (including phenoxy) is 1. The summed E-state index contributed by atoms with van der Waals surface area (Å²) in [5.41, 5.74) is -0.569. The molecule has 0 bridgehead atoms. The van der Waals surface area contributed by atoms with Gasteiger partial charge in [0.1, 0.15) is 0 Å². The van der Waals surface area contributed by atoms with Crippen molar-refractivity contribution in [1.82, 2.24) is 0 Å². The number of hydrogen-bond donors (Lipinski definition) is 1. The standard InChI is InChI=1S/C12H18O2S/c1-12(13,10-5-7-14-9-10)6-4-11-3-2-8-15-11/h2-3,8,10,13H,4-7,9H2,1H3. The zero-order valence-electron chi connectivity index (χ0n) is 9.11. The highest BCUT2D eigenvalue weighted by Gasteiger charge is 2.34. The number of rotatable bonds is 4. The molecule has 1 saturated heterocycles. The average Bonchev–Trinajstić information content (AvgIpc) is 2.88. The summed E-state index contributed by atoms with van der Waals surface area (Å²) in [4.78, 5) is 1.36. The number of thiophene rings is 1. The summed E-state index contributed by atoms with van der Waals surface area (Å²) in [5, 5.41) is 12.4. The largest absolute Gasteiger partial charge is 0.390 e. The summed E-state index contributed by atoms with van der Waals surface area (Å²) < 4.78 is 5.32. The summed E-state index contributed by atoms with van der Waals surface area (Å²) >= 11 is 1.76. The number of aryl methyl sites for hydroxylation is 1. The van der Waals surface area contributed by atoms with Crippen LogP contribution in [0.2, 0.25) is 0 Å².